The molecule has 3 atom stereocenters. The Kier molecular flexibility index (Phi) is 4.90. The normalized spacial score (nSPS) is 31.7. The summed E-state index contributed by atoms with van der Waals surface area (Å²) in [6, 6.07) is 0.770. The summed E-state index contributed by atoms with van der Waals surface area (Å²) < 4.78 is 0. The molecule has 0 aromatic heterocycles. The van der Waals surface area contributed by atoms with E-state index in [1.807, 2.05) is 0 Å². The third-order valence-electron chi connectivity index (χ3n) is 3.69. The Morgan fingerprint density at radius 1 is 1.43 bits per heavy atom. The SMILES string of the molecule is CCC(C)CN1CC(CN)CCC1C. The summed E-state index contributed by atoms with van der Waals surface area (Å²) in [5.41, 5.74) is 5.75. The van der Waals surface area contributed by atoms with Gasteiger partial charge in [-0.1, -0.05) is 20.3 Å². The van der Waals surface area contributed by atoms with Crippen LogP contribution in [-0.2, 0) is 0 Å². The van der Waals surface area contributed by atoms with Gasteiger partial charge in [-0.2, -0.15) is 0 Å². The highest BCUT2D eigenvalue weighted by Crippen LogP contribution is 2.22. The highest BCUT2D eigenvalue weighted by molar-refractivity contribution is 4.80. The van der Waals surface area contributed by atoms with Crippen LogP contribution in [0.3, 0.4) is 0 Å². The number of nitrogens with two attached hydrogens (primary N) is 1. The predicted molar refractivity (Wildman–Crippen MR) is 62.3 cm³/mol. The van der Waals surface area contributed by atoms with E-state index in [4.69, 9.17) is 5.73 Å². The maximum atomic E-state index is 5.75. The van der Waals surface area contributed by atoms with Gasteiger partial charge in [0.15, 0.2) is 0 Å². The minimum Gasteiger partial charge on any atom is -0.330 e. The Bertz CT molecular complexity index is 156. The van der Waals surface area contributed by atoms with Gasteiger partial charge in [0.05, 0.1) is 0 Å². The van der Waals surface area contributed by atoms with Gasteiger partial charge in [0.1, 0.15) is 0 Å². The summed E-state index contributed by atoms with van der Waals surface area (Å²) in [4.78, 5) is 2.63. The average molecular weight is 198 g/mol. The first-order valence-corrected chi connectivity index (χ1v) is 6.11. The highest BCUT2D eigenvalue weighted by Gasteiger charge is 2.24. The molecule has 0 aromatic rings. The fourth-order valence-electron chi connectivity index (χ4n) is 2.24. The van der Waals surface area contributed by atoms with Gasteiger partial charge in [0, 0.05) is 19.1 Å². The largest absolute Gasteiger partial charge is 0.330 e. The van der Waals surface area contributed by atoms with Crippen molar-refractivity contribution in [3.05, 3.63) is 0 Å². The molecule has 0 aromatic carbocycles. The van der Waals surface area contributed by atoms with Crippen LogP contribution in [0.5, 0.6) is 0 Å². The van der Waals surface area contributed by atoms with Crippen LogP contribution in [0.4, 0.5) is 0 Å². The number of likely N-dealkylation sites (tertiary alicyclic amines) is 1. The summed E-state index contributed by atoms with van der Waals surface area (Å²) in [7, 11) is 0. The monoisotopic (exact) mass is 198 g/mol. The van der Waals surface area contributed by atoms with Crippen LogP contribution in [0.2, 0.25) is 0 Å². The lowest BCUT2D eigenvalue weighted by Crippen LogP contribution is -2.45. The second kappa shape index (κ2) is 5.72. The van der Waals surface area contributed by atoms with E-state index < -0.39 is 0 Å². The molecule has 1 rings (SSSR count). The molecule has 0 amide bonds. The quantitative estimate of drug-likeness (QED) is 0.749. The lowest BCUT2D eigenvalue weighted by molar-refractivity contribution is 0.104. The lowest BCUT2D eigenvalue weighted by atomic mass is 9.92. The van der Waals surface area contributed by atoms with E-state index in [0.29, 0.717) is 0 Å². The molecule has 0 spiro atoms. The topological polar surface area (TPSA) is 29.3 Å². The van der Waals surface area contributed by atoms with Gasteiger partial charge in [-0.15, -0.1) is 0 Å². The van der Waals surface area contributed by atoms with Gasteiger partial charge in [-0.05, 0) is 38.1 Å². The maximum absolute atomic E-state index is 5.75. The number of piperidine rings is 1. The van der Waals surface area contributed by atoms with Crippen molar-refractivity contribution in [2.45, 2.75) is 46.1 Å². The predicted octanol–water partition coefficient (Wildman–Crippen LogP) is 2.09. The molecule has 84 valence electrons. The zero-order valence-electron chi connectivity index (χ0n) is 10.00. The average Bonchev–Trinajstić information content (AvgIpc) is 2.21. The first-order chi connectivity index (χ1) is 6.67. The number of hydrogen-bond acceptors (Lipinski definition) is 2. The van der Waals surface area contributed by atoms with Crippen LogP contribution in [0.15, 0.2) is 0 Å². The summed E-state index contributed by atoms with van der Waals surface area (Å²) in [6.45, 7) is 10.3. The fraction of sp³-hybridized carbons (Fsp3) is 1.00. The molecule has 0 saturated carbocycles. The third kappa shape index (κ3) is 3.25. The standard InChI is InChI=1S/C12H26N2/c1-4-10(2)8-14-9-12(7-13)6-5-11(14)3/h10-12H,4-9,13H2,1-3H3. The van der Waals surface area contributed by atoms with Crippen molar-refractivity contribution in [3.63, 3.8) is 0 Å². The second-order valence-electron chi connectivity index (χ2n) is 5.00. The number of hydrogen-bond donors (Lipinski definition) is 1. The molecule has 1 saturated heterocycles. The van der Waals surface area contributed by atoms with Crippen LogP contribution >= 0.6 is 0 Å². The van der Waals surface area contributed by atoms with Crippen molar-refractivity contribution in [1.29, 1.82) is 0 Å². The van der Waals surface area contributed by atoms with Crippen molar-refractivity contribution in [1.82, 2.24) is 4.90 Å². The molecule has 0 bridgehead atoms. The van der Waals surface area contributed by atoms with Gasteiger partial charge in [-0.3, -0.25) is 0 Å². The Balaban J connectivity index is 2.40. The number of rotatable bonds is 4. The molecule has 1 aliphatic rings. The summed E-state index contributed by atoms with van der Waals surface area (Å²) in [6.07, 6.45) is 3.95. The first-order valence-electron chi connectivity index (χ1n) is 6.11. The van der Waals surface area contributed by atoms with Gasteiger partial charge < -0.3 is 10.6 Å². The molecule has 0 radical (unpaired) electrons. The zero-order chi connectivity index (χ0) is 10.6. The van der Waals surface area contributed by atoms with Gasteiger partial charge in [0.25, 0.3) is 0 Å². The van der Waals surface area contributed by atoms with E-state index in [9.17, 15) is 0 Å². The van der Waals surface area contributed by atoms with Crippen LogP contribution in [0.25, 0.3) is 0 Å². The molecular weight excluding hydrogens is 172 g/mol. The van der Waals surface area contributed by atoms with Crippen LogP contribution in [-0.4, -0.2) is 30.6 Å². The summed E-state index contributed by atoms with van der Waals surface area (Å²) >= 11 is 0. The fourth-order valence-corrected chi connectivity index (χ4v) is 2.24. The molecule has 3 unspecified atom stereocenters. The molecular formula is C12H26N2. The minimum absolute atomic E-state index is 0.746. The van der Waals surface area contributed by atoms with E-state index in [1.165, 1.54) is 32.4 Å². The number of nitrogens with zero attached hydrogens (tertiary/aromatic N) is 1. The van der Waals surface area contributed by atoms with Crippen molar-refractivity contribution in [3.8, 4) is 0 Å². The maximum Gasteiger partial charge on any atom is 0.00672 e. The van der Waals surface area contributed by atoms with Crippen molar-refractivity contribution in [2.75, 3.05) is 19.6 Å². The Morgan fingerprint density at radius 3 is 2.71 bits per heavy atom. The van der Waals surface area contributed by atoms with Gasteiger partial charge >= 0.3 is 0 Å². The molecule has 14 heavy (non-hydrogen) atoms. The molecule has 0 aliphatic carbocycles. The van der Waals surface area contributed by atoms with Crippen LogP contribution in [0.1, 0.15) is 40.0 Å². The van der Waals surface area contributed by atoms with Crippen LogP contribution < -0.4 is 5.73 Å². The Morgan fingerprint density at radius 2 is 2.14 bits per heavy atom. The molecule has 1 fully saturated rings. The molecule has 2 N–H and O–H groups in total. The second-order valence-corrected chi connectivity index (χ2v) is 5.00. The molecule has 2 heteroatoms. The summed E-state index contributed by atoms with van der Waals surface area (Å²) in [5, 5.41) is 0. The van der Waals surface area contributed by atoms with Crippen molar-refractivity contribution >= 4 is 0 Å². The molecule has 1 aliphatic heterocycles. The lowest BCUT2D eigenvalue weighted by Gasteiger charge is -2.39. The van der Waals surface area contributed by atoms with E-state index in [2.05, 4.69) is 25.7 Å². The molecule has 1 heterocycles. The summed E-state index contributed by atoms with van der Waals surface area (Å²) in [5.74, 6) is 1.57. The van der Waals surface area contributed by atoms with E-state index in [0.717, 1.165) is 24.4 Å². The smallest absolute Gasteiger partial charge is 0.00672 e. The first kappa shape index (κ1) is 12.0. The molecule has 2 nitrogen and oxygen atoms in total. The highest BCUT2D eigenvalue weighted by atomic mass is 15.2. The van der Waals surface area contributed by atoms with E-state index in [-0.39, 0.29) is 0 Å². The van der Waals surface area contributed by atoms with Crippen molar-refractivity contribution in [2.24, 2.45) is 17.6 Å². The Hall–Kier alpha value is -0.0800. The minimum atomic E-state index is 0.746. The third-order valence-corrected chi connectivity index (χ3v) is 3.69. The van der Waals surface area contributed by atoms with E-state index >= 15 is 0 Å². The van der Waals surface area contributed by atoms with E-state index in [1.54, 1.807) is 0 Å². The van der Waals surface area contributed by atoms with Gasteiger partial charge in [0.2, 0.25) is 0 Å². The van der Waals surface area contributed by atoms with Gasteiger partial charge in [-0.25, -0.2) is 0 Å². The van der Waals surface area contributed by atoms with Crippen molar-refractivity contribution < 1.29 is 0 Å². The zero-order valence-corrected chi connectivity index (χ0v) is 10.00. The Labute approximate surface area is 88.8 Å². The van der Waals surface area contributed by atoms with Crippen LogP contribution in [0, 0.1) is 11.8 Å².